The van der Waals surface area contributed by atoms with Crippen LogP contribution in [0.5, 0.6) is 0 Å². The molecule has 0 aliphatic heterocycles. The lowest BCUT2D eigenvalue weighted by molar-refractivity contribution is -0.140. The van der Waals surface area contributed by atoms with Crippen molar-refractivity contribution in [3.63, 3.8) is 0 Å². The zero-order valence-corrected chi connectivity index (χ0v) is 13.9. The molecule has 2 amide bonds. The molecule has 3 rings (SSSR count). The van der Waals surface area contributed by atoms with Gasteiger partial charge in [-0.05, 0) is 25.3 Å². The molecule has 2 heterocycles. The Hall–Kier alpha value is -2.72. The van der Waals surface area contributed by atoms with Gasteiger partial charge in [0, 0.05) is 25.2 Å². The van der Waals surface area contributed by atoms with Crippen molar-refractivity contribution >= 4 is 23.0 Å². The van der Waals surface area contributed by atoms with E-state index in [4.69, 9.17) is 0 Å². The van der Waals surface area contributed by atoms with Crippen molar-refractivity contribution in [2.75, 3.05) is 6.54 Å². The van der Waals surface area contributed by atoms with Gasteiger partial charge in [-0.15, -0.1) is 5.10 Å². The summed E-state index contributed by atoms with van der Waals surface area (Å²) in [7, 11) is 1.69. The Bertz CT molecular complexity index is 834. The average Bonchev–Trinajstić information content (AvgIpc) is 3.19. The Morgan fingerprint density at radius 2 is 2.12 bits per heavy atom. The van der Waals surface area contributed by atoms with Crippen molar-refractivity contribution in [1.82, 2.24) is 30.6 Å². The number of carbonyl (C=O) groups is 2. The Balaban J connectivity index is 1.55. The molecule has 0 radical (unpaired) electrons. The standard InChI is InChI=1S/C15H17F3N6O2/c1-24-12-11(22-23-24)5-9(6-19-12)14(26)21-10-3-2-8(4-10)13(25)20-7-15(16,17)18/h5-6,8,10H,2-4,7H2,1H3,(H,20,25)(H,21,26)/t8-,10+/m1/s1. The zero-order chi connectivity index (χ0) is 18.9. The minimum absolute atomic E-state index is 0.276. The van der Waals surface area contributed by atoms with Crippen molar-refractivity contribution in [2.24, 2.45) is 13.0 Å². The predicted octanol–water partition coefficient (Wildman–Crippen LogP) is 0.940. The molecule has 0 bridgehead atoms. The fraction of sp³-hybridized carbons (Fsp3) is 0.533. The molecule has 2 aromatic rings. The summed E-state index contributed by atoms with van der Waals surface area (Å²) in [5.74, 6) is -1.55. The molecule has 2 N–H and O–H groups in total. The van der Waals surface area contributed by atoms with Gasteiger partial charge in [-0.2, -0.15) is 13.2 Å². The topological polar surface area (TPSA) is 102 Å². The number of pyridine rings is 1. The van der Waals surface area contributed by atoms with Crippen LogP contribution in [-0.2, 0) is 11.8 Å². The minimum Gasteiger partial charge on any atom is -0.349 e. The number of hydrogen-bond donors (Lipinski definition) is 2. The molecule has 1 aliphatic carbocycles. The van der Waals surface area contributed by atoms with Gasteiger partial charge in [-0.1, -0.05) is 5.21 Å². The Kier molecular flexibility index (Phi) is 4.79. The molecule has 26 heavy (non-hydrogen) atoms. The van der Waals surface area contributed by atoms with Crippen LogP contribution in [0.3, 0.4) is 0 Å². The van der Waals surface area contributed by atoms with E-state index in [9.17, 15) is 22.8 Å². The van der Waals surface area contributed by atoms with Crippen molar-refractivity contribution in [1.29, 1.82) is 0 Å². The molecule has 0 spiro atoms. The quantitative estimate of drug-likeness (QED) is 0.834. The van der Waals surface area contributed by atoms with Crippen molar-refractivity contribution in [3.05, 3.63) is 17.8 Å². The van der Waals surface area contributed by atoms with Gasteiger partial charge in [-0.3, -0.25) is 9.59 Å². The Morgan fingerprint density at radius 3 is 2.85 bits per heavy atom. The molecule has 0 aromatic carbocycles. The highest BCUT2D eigenvalue weighted by molar-refractivity contribution is 5.96. The van der Waals surface area contributed by atoms with E-state index in [1.54, 1.807) is 13.1 Å². The Labute approximate surface area is 146 Å². The smallest absolute Gasteiger partial charge is 0.349 e. The molecular formula is C15H17F3N6O2. The van der Waals surface area contributed by atoms with Gasteiger partial charge in [-0.25, -0.2) is 9.67 Å². The van der Waals surface area contributed by atoms with Crippen LogP contribution in [-0.4, -0.2) is 50.6 Å². The third kappa shape index (κ3) is 4.09. The van der Waals surface area contributed by atoms with Gasteiger partial charge < -0.3 is 10.6 Å². The summed E-state index contributed by atoms with van der Waals surface area (Å²) in [4.78, 5) is 28.3. The van der Waals surface area contributed by atoms with Crippen molar-refractivity contribution in [3.8, 4) is 0 Å². The molecular weight excluding hydrogens is 353 g/mol. The number of hydrogen-bond acceptors (Lipinski definition) is 5. The number of amides is 2. The lowest BCUT2D eigenvalue weighted by Gasteiger charge is -2.14. The fourth-order valence-electron chi connectivity index (χ4n) is 3.00. The van der Waals surface area contributed by atoms with E-state index in [1.807, 2.05) is 5.32 Å². The molecule has 11 heteroatoms. The highest BCUT2D eigenvalue weighted by Gasteiger charge is 2.34. The highest BCUT2D eigenvalue weighted by Crippen LogP contribution is 2.26. The van der Waals surface area contributed by atoms with Gasteiger partial charge in [0.1, 0.15) is 12.1 Å². The molecule has 0 saturated heterocycles. The van der Waals surface area contributed by atoms with E-state index in [-0.39, 0.29) is 11.9 Å². The van der Waals surface area contributed by atoms with E-state index < -0.39 is 24.5 Å². The van der Waals surface area contributed by atoms with Crippen LogP contribution >= 0.6 is 0 Å². The van der Waals surface area contributed by atoms with Crippen LogP contribution in [0.25, 0.3) is 11.2 Å². The number of rotatable bonds is 4. The summed E-state index contributed by atoms with van der Waals surface area (Å²) in [6.45, 7) is -1.34. The molecule has 2 aromatic heterocycles. The van der Waals surface area contributed by atoms with Crippen LogP contribution in [0.15, 0.2) is 12.3 Å². The molecule has 1 fully saturated rings. The predicted molar refractivity (Wildman–Crippen MR) is 84.0 cm³/mol. The maximum atomic E-state index is 12.3. The summed E-state index contributed by atoms with van der Waals surface area (Å²) in [5, 5.41) is 12.4. The summed E-state index contributed by atoms with van der Waals surface area (Å²) < 4.78 is 38.0. The number of alkyl halides is 3. The minimum atomic E-state index is -4.44. The Morgan fingerprint density at radius 1 is 1.35 bits per heavy atom. The number of fused-ring (bicyclic) bond motifs is 1. The highest BCUT2D eigenvalue weighted by atomic mass is 19.4. The second-order valence-electron chi connectivity index (χ2n) is 6.29. The summed E-state index contributed by atoms with van der Waals surface area (Å²) >= 11 is 0. The van der Waals surface area contributed by atoms with Gasteiger partial charge in [0.2, 0.25) is 5.91 Å². The lowest BCUT2D eigenvalue weighted by atomic mass is 10.1. The van der Waals surface area contributed by atoms with E-state index in [0.717, 1.165) is 0 Å². The molecule has 1 aliphatic rings. The lowest BCUT2D eigenvalue weighted by Crippen LogP contribution is -2.38. The van der Waals surface area contributed by atoms with Crippen LogP contribution in [0.1, 0.15) is 29.6 Å². The van der Waals surface area contributed by atoms with E-state index in [0.29, 0.717) is 36.0 Å². The van der Waals surface area contributed by atoms with Gasteiger partial charge in [0.25, 0.3) is 5.91 Å². The fourth-order valence-corrected chi connectivity index (χ4v) is 3.00. The van der Waals surface area contributed by atoms with Crippen LogP contribution in [0.2, 0.25) is 0 Å². The largest absolute Gasteiger partial charge is 0.405 e. The van der Waals surface area contributed by atoms with Gasteiger partial charge in [0.05, 0.1) is 5.56 Å². The molecule has 140 valence electrons. The van der Waals surface area contributed by atoms with Crippen LogP contribution in [0.4, 0.5) is 13.2 Å². The maximum Gasteiger partial charge on any atom is 0.405 e. The second-order valence-corrected chi connectivity index (χ2v) is 6.29. The first kappa shape index (κ1) is 18.1. The normalized spacial score (nSPS) is 20.3. The number of carbonyl (C=O) groups excluding carboxylic acids is 2. The SMILES string of the molecule is Cn1nnc2cc(C(=O)N[C@H]3CC[C@@H](C(=O)NCC(F)(F)F)C3)cnc21. The number of aromatic nitrogens is 4. The van der Waals surface area contributed by atoms with E-state index >= 15 is 0 Å². The summed E-state index contributed by atoms with van der Waals surface area (Å²) in [6.07, 6.45) is -1.78. The van der Waals surface area contributed by atoms with Crippen molar-refractivity contribution in [2.45, 2.75) is 31.5 Å². The second kappa shape index (κ2) is 6.89. The van der Waals surface area contributed by atoms with Gasteiger partial charge >= 0.3 is 6.18 Å². The molecule has 0 unspecified atom stereocenters. The summed E-state index contributed by atoms with van der Waals surface area (Å²) in [6, 6.07) is 1.29. The summed E-state index contributed by atoms with van der Waals surface area (Å²) in [5.41, 5.74) is 1.34. The van der Waals surface area contributed by atoms with Crippen LogP contribution < -0.4 is 10.6 Å². The maximum absolute atomic E-state index is 12.3. The first-order valence-corrected chi connectivity index (χ1v) is 8.03. The number of halogens is 3. The molecule has 1 saturated carbocycles. The number of nitrogens with one attached hydrogen (secondary N) is 2. The molecule has 2 atom stereocenters. The van der Waals surface area contributed by atoms with Gasteiger partial charge in [0.15, 0.2) is 5.65 Å². The zero-order valence-electron chi connectivity index (χ0n) is 13.9. The van der Waals surface area contributed by atoms with E-state index in [1.165, 1.54) is 10.9 Å². The number of aryl methyl sites for hydroxylation is 1. The third-order valence-corrected chi connectivity index (χ3v) is 4.30. The average molecular weight is 370 g/mol. The molecule has 8 nitrogen and oxygen atoms in total. The first-order chi connectivity index (χ1) is 12.2. The number of nitrogens with zero attached hydrogens (tertiary/aromatic N) is 4. The monoisotopic (exact) mass is 370 g/mol. The van der Waals surface area contributed by atoms with Crippen LogP contribution in [0, 0.1) is 5.92 Å². The van der Waals surface area contributed by atoms with Crippen molar-refractivity contribution < 1.29 is 22.8 Å². The van der Waals surface area contributed by atoms with E-state index in [2.05, 4.69) is 20.6 Å². The first-order valence-electron chi connectivity index (χ1n) is 8.03. The third-order valence-electron chi connectivity index (χ3n) is 4.30.